The van der Waals surface area contributed by atoms with Crippen molar-refractivity contribution in [1.82, 2.24) is 10.3 Å². The van der Waals surface area contributed by atoms with Crippen LogP contribution in [-0.4, -0.2) is 17.3 Å². The van der Waals surface area contributed by atoms with E-state index >= 15 is 4.39 Å². The second-order valence-corrected chi connectivity index (χ2v) is 7.64. The highest BCUT2D eigenvalue weighted by Gasteiger charge is 2.56. The fourth-order valence-corrected chi connectivity index (χ4v) is 4.16. The molecule has 1 N–H and O–H groups in total. The lowest BCUT2D eigenvalue weighted by Crippen LogP contribution is -2.40. The number of ketones is 1. The molecule has 1 saturated heterocycles. The number of aromatic nitrogens is 1. The van der Waals surface area contributed by atoms with Crippen LogP contribution in [0.5, 0.6) is 0 Å². The molecule has 3 nitrogen and oxygen atoms in total. The average Bonchev–Trinajstić information content (AvgIpc) is 3.39. The predicted molar refractivity (Wildman–Crippen MR) is 95.7 cm³/mol. The zero-order valence-corrected chi connectivity index (χ0v) is 15.0. The first-order valence-electron chi connectivity index (χ1n) is 8.32. The fraction of sp³-hybridized carbons (Fsp3) is 0.368. The van der Waals surface area contributed by atoms with E-state index in [-0.39, 0.29) is 18.4 Å². The van der Waals surface area contributed by atoms with Crippen molar-refractivity contribution in [1.29, 1.82) is 0 Å². The van der Waals surface area contributed by atoms with Crippen LogP contribution < -0.4 is 5.32 Å². The van der Waals surface area contributed by atoms with E-state index in [1.54, 1.807) is 36.5 Å². The number of alkyl halides is 1. The monoisotopic (exact) mass is 378 g/mol. The van der Waals surface area contributed by atoms with Gasteiger partial charge in [-0.15, -0.1) is 0 Å². The summed E-state index contributed by atoms with van der Waals surface area (Å²) in [5.74, 6) is -0.414. The van der Waals surface area contributed by atoms with Gasteiger partial charge in [0.25, 0.3) is 0 Å². The van der Waals surface area contributed by atoms with Gasteiger partial charge in [-0.25, -0.2) is 4.39 Å². The molecular formula is C19H17Cl2FN2O. The SMILES string of the molecule is O=C(CCc1ccc(Cl)cc1Cl)[C@]1(F)CC[C@]2(CN2)c2ncccc21. The molecule has 2 atom stereocenters. The molecule has 1 aromatic heterocycles. The quantitative estimate of drug-likeness (QED) is 0.804. The van der Waals surface area contributed by atoms with Gasteiger partial charge in [-0.2, -0.15) is 0 Å². The molecule has 0 amide bonds. The van der Waals surface area contributed by atoms with E-state index in [1.807, 2.05) is 0 Å². The molecule has 2 heterocycles. The third kappa shape index (κ3) is 2.86. The number of hydrogen-bond donors (Lipinski definition) is 1. The summed E-state index contributed by atoms with van der Waals surface area (Å²) in [5, 5.41) is 4.32. The minimum Gasteiger partial charge on any atom is -0.303 e. The van der Waals surface area contributed by atoms with Crippen LogP contribution in [0.3, 0.4) is 0 Å². The summed E-state index contributed by atoms with van der Waals surface area (Å²) in [6, 6.07) is 8.52. The number of carbonyl (C=O) groups is 1. The zero-order chi connectivity index (χ0) is 17.7. The molecule has 1 fully saturated rings. The maximum absolute atomic E-state index is 15.7. The molecule has 0 bridgehead atoms. The fourth-order valence-electron chi connectivity index (χ4n) is 3.66. The number of nitrogens with zero attached hydrogens (tertiary/aromatic N) is 1. The molecular weight excluding hydrogens is 362 g/mol. The number of benzene rings is 1. The second-order valence-electron chi connectivity index (χ2n) is 6.80. The normalized spacial score (nSPS) is 27.2. The Hall–Kier alpha value is -1.49. The van der Waals surface area contributed by atoms with Crippen molar-refractivity contribution in [2.45, 2.75) is 36.9 Å². The Morgan fingerprint density at radius 2 is 2.08 bits per heavy atom. The summed E-state index contributed by atoms with van der Waals surface area (Å²) in [7, 11) is 0. The van der Waals surface area contributed by atoms with E-state index in [2.05, 4.69) is 10.3 Å². The van der Waals surface area contributed by atoms with Crippen LogP contribution in [-0.2, 0) is 22.4 Å². The Labute approximate surface area is 155 Å². The molecule has 1 aliphatic heterocycles. The molecule has 1 aliphatic carbocycles. The lowest BCUT2D eigenvalue weighted by atomic mass is 9.74. The van der Waals surface area contributed by atoms with Gasteiger partial charge in [0, 0.05) is 34.8 Å². The lowest BCUT2D eigenvalue weighted by molar-refractivity contribution is -0.132. The summed E-state index contributed by atoms with van der Waals surface area (Å²) in [6.07, 6.45) is 2.91. The number of carbonyl (C=O) groups excluding carboxylic acids is 1. The third-order valence-electron chi connectivity index (χ3n) is 5.27. The Morgan fingerprint density at radius 3 is 2.80 bits per heavy atom. The number of fused-ring (bicyclic) bond motifs is 2. The molecule has 6 heteroatoms. The van der Waals surface area contributed by atoms with Crippen LogP contribution in [0, 0.1) is 0 Å². The standard InChI is InChI=1S/C19H17Cl2FN2O/c20-13-5-3-12(15(21)10-13)4-6-16(25)19(22)8-7-18(11-24-18)17-14(19)2-1-9-23-17/h1-3,5,9-10,24H,4,6-8,11H2/t18-,19-/m0/s1. The molecule has 1 aromatic carbocycles. The largest absolute Gasteiger partial charge is 0.303 e. The van der Waals surface area contributed by atoms with Gasteiger partial charge in [0.05, 0.1) is 11.2 Å². The summed E-state index contributed by atoms with van der Waals surface area (Å²) in [5.41, 5.74) is -0.310. The maximum Gasteiger partial charge on any atom is 0.195 e. The number of hydrogen-bond acceptors (Lipinski definition) is 3. The van der Waals surface area contributed by atoms with Crippen LogP contribution in [0.15, 0.2) is 36.5 Å². The van der Waals surface area contributed by atoms with E-state index in [9.17, 15) is 4.79 Å². The van der Waals surface area contributed by atoms with Crippen LogP contribution in [0.4, 0.5) is 4.39 Å². The van der Waals surface area contributed by atoms with Crippen molar-refractivity contribution in [3.8, 4) is 0 Å². The highest BCUT2D eigenvalue weighted by Crippen LogP contribution is 2.49. The number of pyridine rings is 1. The zero-order valence-electron chi connectivity index (χ0n) is 13.5. The van der Waals surface area contributed by atoms with Crippen LogP contribution >= 0.6 is 23.2 Å². The van der Waals surface area contributed by atoms with Crippen molar-refractivity contribution in [3.63, 3.8) is 0 Å². The molecule has 0 unspecified atom stereocenters. The molecule has 25 heavy (non-hydrogen) atoms. The van der Waals surface area contributed by atoms with E-state index < -0.39 is 11.5 Å². The van der Waals surface area contributed by atoms with Gasteiger partial charge >= 0.3 is 0 Å². The molecule has 1 spiro atoms. The first-order valence-corrected chi connectivity index (χ1v) is 9.07. The topological polar surface area (TPSA) is 51.9 Å². The van der Waals surface area contributed by atoms with Gasteiger partial charge < -0.3 is 5.32 Å². The smallest absolute Gasteiger partial charge is 0.195 e. The van der Waals surface area contributed by atoms with Crippen molar-refractivity contribution in [2.75, 3.05) is 6.54 Å². The van der Waals surface area contributed by atoms with Crippen molar-refractivity contribution < 1.29 is 9.18 Å². The van der Waals surface area contributed by atoms with Crippen molar-refractivity contribution in [2.24, 2.45) is 0 Å². The van der Waals surface area contributed by atoms with Crippen molar-refractivity contribution >= 4 is 29.0 Å². The average molecular weight is 379 g/mol. The first-order chi connectivity index (χ1) is 11.9. The molecule has 2 aliphatic rings. The number of aryl methyl sites for hydroxylation is 1. The van der Waals surface area contributed by atoms with Gasteiger partial charge in [0.2, 0.25) is 0 Å². The Balaban J connectivity index is 1.57. The van der Waals surface area contributed by atoms with E-state index in [0.717, 1.165) is 12.1 Å². The van der Waals surface area contributed by atoms with Crippen LogP contribution in [0.1, 0.15) is 36.1 Å². The summed E-state index contributed by atoms with van der Waals surface area (Å²) in [6.45, 7) is 0.793. The molecule has 0 radical (unpaired) electrons. The minimum absolute atomic E-state index is 0.0899. The first kappa shape index (κ1) is 17.0. The van der Waals surface area contributed by atoms with E-state index in [0.29, 0.717) is 34.1 Å². The van der Waals surface area contributed by atoms with Crippen molar-refractivity contribution in [3.05, 3.63) is 63.4 Å². The number of halogens is 3. The molecule has 4 rings (SSSR count). The number of Topliss-reactive ketones (excluding diaryl/α,β-unsaturated/α-hetero) is 1. The Kier molecular flexibility index (Phi) is 4.10. The summed E-state index contributed by atoms with van der Waals surface area (Å²) < 4.78 is 15.7. The van der Waals surface area contributed by atoms with Gasteiger partial charge in [0.15, 0.2) is 11.5 Å². The lowest BCUT2D eigenvalue weighted by Gasteiger charge is -2.34. The molecule has 0 saturated carbocycles. The highest BCUT2D eigenvalue weighted by molar-refractivity contribution is 6.35. The van der Waals surface area contributed by atoms with Gasteiger partial charge in [-0.3, -0.25) is 9.78 Å². The second kappa shape index (κ2) is 6.04. The van der Waals surface area contributed by atoms with E-state index in [1.165, 1.54) is 0 Å². The summed E-state index contributed by atoms with van der Waals surface area (Å²) >= 11 is 12.0. The highest BCUT2D eigenvalue weighted by atomic mass is 35.5. The maximum atomic E-state index is 15.7. The third-order valence-corrected chi connectivity index (χ3v) is 5.85. The number of nitrogens with one attached hydrogen (secondary N) is 1. The van der Waals surface area contributed by atoms with Crippen LogP contribution in [0.25, 0.3) is 0 Å². The van der Waals surface area contributed by atoms with Gasteiger partial charge in [0.1, 0.15) is 0 Å². The Bertz CT molecular complexity index is 853. The van der Waals surface area contributed by atoms with Gasteiger partial charge in [-0.1, -0.05) is 35.3 Å². The Morgan fingerprint density at radius 1 is 1.28 bits per heavy atom. The van der Waals surface area contributed by atoms with Gasteiger partial charge in [-0.05, 0) is 43.0 Å². The molecule has 2 aromatic rings. The number of rotatable bonds is 4. The predicted octanol–water partition coefficient (Wildman–Crippen LogP) is 4.35. The van der Waals surface area contributed by atoms with Crippen LogP contribution in [0.2, 0.25) is 10.0 Å². The minimum atomic E-state index is -1.97. The molecule has 130 valence electrons. The summed E-state index contributed by atoms with van der Waals surface area (Å²) in [4.78, 5) is 17.1. The van der Waals surface area contributed by atoms with E-state index in [4.69, 9.17) is 23.2 Å².